The van der Waals surface area contributed by atoms with Gasteiger partial charge in [-0.15, -0.1) is 0 Å². The number of rotatable bonds is 6. The molecule has 0 aromatic heterocycles. The molecule has 0 amide bonds. The third-order valence-corrected chi connectivity index (χ3v) is 5.05. The Labute approximate surface area is 126 Å². The van der Waals surface area contributed by atoms with Crippen LogP contribution >= 0.6 is 7.60 Å². The summed E-state index contributed by atoms with van der Waals surface area (Å²) < 4.78 is 34.1. The second kappa shape index (κ2) is 7.13. The number of aliphatic hydroxyl groups is 2. The molecule has 2 aliphatic heterocycles. The predicted molar refractivity (Wildman–Crippen MR) is 81.1 cm³/mol. The number of hydrogen-bond donors (Lipinski definition) is 2. The molecular formula is C11H23B2O7P. The molecule has 2 N–H and O–H groups in total. The predicted octanol–water partition coefficient (Wildman–Crippen LogP) is -1.94. The van der Waals surface area contributed by atoms with Crippen LogP contribution in [0.3, 0.4) is 0 Å². The molecule has 2 saturated heterocycles. The topological polar surface area (TPSA) is 94.5 Å². The normalized spacial score (nSPS) is 43.0. The summed E-state index contributed by atoms with van der Waals surface area (Å²) in [7, 11) is 0.442. The zero-order valence-corrected chi connectivity index (χ0v) is 13.6. The highest BCUT2D eigenvalue weighted by molar-refractivity contribution is 7.53. The summed E-state index contributed by atoms with van der Waals surface area (Å²) in [6, 6.07) is -0.0819. The van der Waals surface area contributed by atoms with Crippen molar-refractivity contribution in [1.82, 2.24) is 0 Å². The van der Waals surface area contributed by atoms with Crippen molar-refractivity contribution in [3.8, 4) is 0 Å². The molecule has 120 valence electrons. The molecule has 2 heterocycles. The van der Waals surface area contributed by atoms with Gasteiger partial charge in [0.15, 0.2) is 0 Å². The second-order valence-electron chi connectivity index (χ2n) is 5.90. The average Bonchev–Trinajstić information content (AvgIpc) is 2.88. The molecule has 0 aromatic carbocycles. The van der Waals surface area contributed by atoms with E-state index >= 15 is 0 Å². The van der Waals surface area contributed by atoms with E-state index in [0.29, 0.717) is 12.8 Å². The van der Waals surface area contributed by atoms with Crippen LogP contribution < -0.4 is 0 Å². The van der Waals surface area contributed by atoms with E-state index in [1.807, 2.05) is 15.7 Å². The lowest BCUT2D eigenvalue weighted by molar-refractivity contribution is -0.0153. The standard InChI is InChI=1S/C11H23B2O7P/c1-21(16,17-5-9-6(15)2-10(12)19-9)20-7-3-11(13)18-8(7)4-14/h6-11,14-15H,2-5,12-13H2,1H3/t6?,7?,8-,9-,10-,11-,21?/m1/s1. The van der Waals surface area contributed by atoms with Crippen molar-refractivity contribution < 1.29 is 33.3 Å². The van der Waals surface area contributed by atoms with Crippen LogP contribution in [0.5, 0.6) is 0 Å². The maximum atomic E-state index is 12.4. The Hall–Kier alpha value is 0.120. The van der Waals surface area contributed by atoms with Crippen molar-refractivity contribution in [2.75, 3.05) is 19.9 Å². The van der Waals surface area contributed by atoms with E-state index in [-0.39, 0.29) is 25.2 Å². The molecule has 7 atom stereocenters. The van der Waals surface area contributed by atoms with Gasteiger partial charge in [-0.25, -0.2) is 0 Å². The first-order valence-electron chi connectivity index (χ1n) is 7.31. The molecule has 0 saturated carbocycles. The van der Waals surface area contributed by atoms with Crippen LogP contribution in [-0.4, -0.2) is 82.2 Å². The minimum atomic E-state index is -3.30. The van der Waals surface area contributed by atoms with Crippen LogP contribution in [-0.2, 0) is 23.1 Å². The summed E-state index contributed by atoms with van der Waals surface area (Å²) >= 11 is 0. The van der Waals surface area contributed by atoms with Gasteiger partial charge in [0.1, 0.15) is 27.9 Å². The zero-order valence-electron chi connectivity index (χ0n) is 12.7. The van der Waals surface area contributed by atoms with E-state index in [9.17, 15) is 14.8 Å². The van der Waals surface area contributed by atoms with Gasteiger partial charge in [-0.05, 0) is 12.8 Å². The Bertz CT molecular complexity index is 399. The molecule has 0 radical (unpaired) electrons. The quantitative estimate of drug-likeness (QED) is 0.434. The molecule has 21 heavy (non-hydrogen) atoms. The Balaban J connectivity index is 1.83. The van der Waals surface area contributed by atoms with E-state index in [1.165, 1.54) is 6.66 Å². The summed E-state index contributed by atoms with van der Waals surface area (Å²) in [6.45, 7) is 1.22. The lowest BCUT2D eigenvalue weighted by Crippen LogP contribution is -2.29. The highest BCUT2D eigenvalue weighted by Gasteiger charge is 2.38. The van der Waals surface area contributed by atoms with Gasteiger partial charge in [-0.2, -0.15) is 0 Å². The van der Waals surface area contributed by atoms with Crippen LogP contribution in [0.4, 0.5) is 0 Å². The van der Waals surface area contributed by atoms with Crippen molar-refractivity contribution in [2.45, 2.75) is 49.3 Å². The summed E-state index contributed by atoms with van der Waals surface area (Å²) in [6.07, 6.45) is -0.918. The van der Waals surface area contributed by atoms with Crippen LogP contribution in [0.15, 0.2) is 0 Å². The molecule has 2 fully saturated rings. The summed E-state index contributed by atoms with van der Waals surface area (Å²) in [4.78, 5) is 0. The highest BCUT2D eigenvalue weighted by atomic mass is 31.2. The van der Waals surface area contributed by atoms with E-state index in [4.69, 9.17) is 18.5 Å². The van der Waals surface area contributed by atoms with E-state index in [2.05, 4.69) is 0 Å². The van der Waals surface area contributed by atoms with E-state index in [0.717, 1.165) is 0 Å². The van der Waals surface area contributed by atoms with Gasteiger partial charge in [0.05, 0.1) is 25.4 Å². The third kappa shape index (κ3) is 4.79. The van der Waals surface area contributed by atoms with Crippen LogP contribution in [0.25, 0.3) is 0 Å². The van der Waals surface area contributed by atoms with Gasteiger partial charge in [0.2, 0.25) is 0 Å². The molecule has 7 nitrogen and oxygen atoms in total. The Morgan fingerprint density at radius 2 is 1.86 bits per heavy atom. The number of hydrogen-bond acceptors (Lipinski definition) is 7. The Kier molecular flexibility index (Phi) is 5.93. The average molecular weight is 320 g/mol. The molecule has 0 spiro atoms. The number of ether oxygens (including phenoxy) is 2. The van der Waals surface area contributed by atoms with Crippen molar-refractivity contribution in [3.05, 3.63) is 0 Å². The van der Waals surface area contributed by atoms with Gasteiger partial charge in [-0.3, -0.25) is 4.57 Å². The Morgan fingerprint density at radius 1 is 1.24 bits per heavy atom. The SMILES string of the molecule is B[C@H]1CC(O)[C@@H](COP(C)(=O)OC2C[C@H](B)O[C@@H]2CO)O1. The lowest BCUT2D eigenvalue weighted by Gasteiger charge is -2.23. The first-order chi connectivity index (χ1) is 9.80. The fraction of sp³-hybridized carbons (Fsp3) is 1.00. The van der Waals surface area contributed by atoms with E-state index in [1.54, 1.807) is 0 Å². The lowest BCUT2D eigenvalue weighted by atomic mass is 9.96. The largest absolute Gasteiger partial charge is 0.394 e. The summed E-state index contributed by atoms with van der Waals surface area (Å²) in [5.74, 6) is 0. The molecular weight excluding hydrogens is 297 g/mol. The van der Waals surface area contributed by atoms with Crippen LogP contribution in [0, 0.1) is 0 Å². The van der Waals surface area contributed by atoms with Crippen molar-refractivity contribution in [1.29, 1.82) is 0 Å². The van der Waals surface area contributed by atoms with E-state index < -0.39 is 32.0 Å². The van der Waals surface area contributed by atoms with Crippen molar-refractivity contribution in [3.63, 3.8) is 0 Å². The van der Waals surface area contributed by atoms with Crippen LogP contribution in [0.2, 0.25) is 0 Å². The van der Waals surface area contributed by atoms with Gasteiger partial charge in [-0.1, -0.05) is 0 Å². The smallest absolute Gasteiger partial charge is 0.328 e. The molecule has 10 heteroatoms. The van der Waals surface area contributed by atoms with Gasteiger partial charge >= 0.3 is 7.60 Å². The monoisotopic (exact) mass is 320 g/mol. The van der Waals surface area contributed by atoms with Gasteiger partial charge in [0.25, 0.3) is 0 Å². The summed E-state index contributed by atoms with van der Waals surface area (Å²) in [5.41, 5.74) is 0. The number of aliphatic hydroxyl groups excluding tert-OH is 2. The molecule has 0 aromatic rings. The minimum absolute atomic E-state index is 0.0200. The fourth-order valence-corrected chi connectivity index (χ4v) is 3.96. The Morgan fingerprint density at radius 3 is 2.43 bits per heavy atom. The first kappa shape index (κ1) is 17.5. The molecule has 0 aliphatic carbocycles. The second-order valence-corrected chi connectivity index (χ2v) is 7.91. The third-order valence-electron chi connectivity index (χ3n) is 3.78. The van der Waals surface area contributed by atoms with Crippen LogP contribution in [0.1, 0.15) is 12.8 Å². The maximum absolute atomic E-state index is 12.4. The van der Waals surface area contributed by atoms with Gasteiger partial charge < -0.3 is 28.7 Å². The highest BCUT2D eigenvalue weighted by Crippen LogP contribution is 2.48. The maximum Gasteiger partial charge on any atom is 0.328 e. The molecule has 0 bridgehead atoms. The van der Waals surface area contributed by atoms with Crippen molar-refractivity contribution in [2.24, 2.45) is 0 Å². The van der Waals surface area contributed by atoms with Gasteiger partial charge in [0, 0.05) is 18.7 Å². The van der Waals surface area contributed by atoms with Crippen molar-refractivity contribution >= 4 is 23.3 Å². The molecule has 2 aliphatic rings. The first-order valence-corrected chi connectivity index (χ1v) is 9.30. The zero-order chi connectivity index (χ0) is 15.6. The summed E-state index contributed by atoms with van der Waals surface area (Å²) in [5, 5.41) is 19.0. The fourth-order valence-electron chi connectivity index (χ4n) is 2.76. The molecule has 2 rings (SSSR count). The minimum Gasteiger partial charge on any atom is -0.394 e. The molecule has 3 unspecified atom stereocenters.